The largest absolute Gasteiger partial charge is 0.380 e. The average Bonchev–Trinajstić information content (AvgIpc) is 2.39. The molecule has 1 N–H and O–H groups in total. The second-order valence-corrected chi connectivity index (χ2v) is 3.89. The molecule has 0 aromatic heterocycles. The summed E-state index contributed by atoms with van der Waals surface area (Å²) >= 11 is 0. The molecular formula is C13H20N2O4. The first-order valence-corrected chi connectivity index (χ1v) is 6.35. The lowest BCUT2D eigenvalue weighted by atomic mass is 10.2. The molecule has 106 valence electrons. The number of nitro groups is 1. The van der Waals surface area contributed by atoms with E-state index >= 15 is 0 Å². The van der Waals surface area contributed by atoms with Crippen molar-refractivity contribution >= 4 is 11.4 Å². The van der Waals surface area contributed by atoms with E-state index in [-0.39, 0.29) is 5.69 Å². The van der Waals surface area contributed by atoms with E-state index in [0.29, 0.717) is 38.7 Å². The molecule has 0 heterocycles. The summed E-state index contributed by atoms with van der Waals surface area (Å²) < 4.78 is 10.6. The van der Waals surface area contributed by atoms with Crippen LogP contribution in [0.15, 0.2) is 18.2 Å². The summed E-state index contributed by atoms with van der Waals surface area (Å²) in [7, 11) is 0. The number of benzene rings is 1. The first-order chi connectivity index (χ1) is 9.19. The van der Waals surface area contributed by atoms with Gasteiger partial charge < -0.3 is 14.8 Å². The fraction of sp³-hybridized carbons (Fsp3) is 0.538. The highest BCUT2D eigenvalue weighted by atomic mass is 16.6. The molecule has 0 fully saturated rings. The summed E-state index contributed by atoms with van der Waals surface area (Å²) in [5.74, 6) is 0. The fourth-order valence-electron chi connectivity index (χ4n) is 1.62. The lowest BCUT2D eigenvalue weighted by Crippen LogP contribution is -2.05. The molecule has 1 rings (SSSR count). The molecular weight excluding hydrogens is 248 g/mol. The average molecular weight is 268 g/mol. The van der Waals surface area contributed by atoms with Crippen molar-refractivity contribution in [2.75, 3.05) is 31.7 Å². The van der Waals surface area contributed by atoms with Crippen molar-refractivity contribution in [2.45, 2.75) is 20.5 Å². The van der Waals surface area contributed by atoms with Crippen molar-refractivity contribution in [3.63, 3.8) is 0 Å². The highest BCUT2D eigenvalue weighted by Crippen LogP contribution is 2.25. The van der Waals surface area contributed by atoms with Gasteiger partial charge >= 0.3 is 0 Å². The summed E-state index contributed by atoms with van der Waals surface area (Å²) in [6, 6.07) is 4.96. The standard InChI is InChI=1S/C13H20N2O4/c1-3-14-12-9-11(5-6-13(12)15(16)17)10-19-8-7-18-4-2/h5-6,9,14H,3-4,7-8,10H2,1-2H3. The number of nitrogens with zero attached hydrogens (tertiary/aromatic N) is 1. The minimum Gasteiger partial charge on any atom is -0.380 e. The lowest BCUT2D eigenvalue weighted by Gasteiger charge is -2.08. The van der Waals surface area contributed by atoms with Crippen LogP contribution in [0.4, 0.5) is 11.4 Å². The van der Waals surface area contributed by atoms with Gasteiger partial charge in [-0.2, -0.15) is 0 Å². The number of rotatable bonds is 9. The minimum atomic E-state index is -0.391. The highest BCUT2D eigenvalue weighted by molar-refractivity contribution is 5.62. The van der Waals surface area contributed by atoms with Crippen molar-refractivity contribution < 1.29 is 14.4 Å². The summed E-state index contributed by atoms with van der Waals surface area (Å²) in [5.41, 5.74) is 1.51. The molecule has 0 aliphatic heterocycles. The number of ether oxygens (including phenoxy) is 2. The van der Waals surface area contributed by atoms with Crippen LogP contribution in [0.5, 0.6) is 0 Å². The third-order valence-corrected chi connectivity index (χ3v) is 2.47. The van der Waals surface area contributed by atoms with Crippen LogP contribution >= 0.6 is 0 Å². The van der Waals surface area contributed by atoms with Gasteiger partial charge in [-0.05, 0) is 31.5 Å². The second-order valence-electron chi connectivity index (χ2n) is 3.89. The Bertz CT molecular complexity index is 410. The molecule has 0 spiro atoms. The predicted octanol–water partition coefficient (Wildman–Crippen LogP) is 2.58. The summed E-state index contributed by atoms with van der Waals surface area (Å²) in [6.45, 7) is 6.63. The zero-order valence-corrected chi connectivity index (χ0v) is 11.3. The van der Waals surface area contributed by atoms with E-state index in [0.717, 1.165) is 5.56 Å². The van der Waals surface area contributed by atoms with Gasteiger partial charge in [-0.15, -0.1) is 0 Å². The Kier molecular flexibility index (Phi) is 6.84. The third kappa shape index (κ3) is 5.23. The monoisotopic (exact) mass is 268 g/mol. The molecule has 0 saturated carbocycles. The van der Waals surface area contributed by atoms with Crippen LogP contribution in [0.2, 0.25) is 0 Å². The van der Waals surface area contributed by atoms with Gasteiger partial charge in [0.15, 0.2) is 0 Å². The van der Waals surface area contributed by atoms with Gasteiger partial charge in [0, 0.05) is 19.2 Å². The van der Waals surface area contributed by atoms with Gasteiger partial charge in [0.1, 0.15) is 5.69 Å². The predicted molar refractivity (Wildman–Crippen MR) is 73.4 cm³/mol. The van der Waals surface area contributed by atoms with Gasteiger partial charge in [-0.1, -0.05) is 0 Å². The van der Waals surface area contributed by atoms with Gasteiger partial charge in [0.05, 0.1) is 24.7 Å². The van der Waals surface area contributed by atoms with Gasteiger partial charge in [0.2, 0.25) is 0 Å². The molecule has 1 aromatic rings. The van der Waals surface area contributed by atoms with Crippen molar-refractivity contribution in [2.24, 2.45) is 0 Å². The van der Waals surface area contributed by atoms with E-state index in [2.05, 4.69) is 5.32 Å². The Labute approximate surface area is 112 Å². The van der Waals surface area contributed by atoms with E-state index in [9.17, 15) is 10.1 Å². The molecule has 19 heavy (non-hydrogen) atoms. The van der Waals surface area contributed by atoms with E-state index in [1.807, 2.05) is 13.8 Å². The fourth-order valence-corrected chi connectivity index (χ4v) is 1.62. The second kappa shape index (κ2) is 8.44. The Morgan fingerprint density at radius 2 is 2.00 bits per heavy atom. The number of nitro benzene ring substituents is 1. The number of anilines is 1. The van der Waals surface area contributed by atoms with Crippen LogP contribution in [-0.4, -0.2) is 31.3 Å². The van der Waals surface area contributed by atoms with Gasteiger partial charge in [-0.25, -0.2) is 0 Å². The minimum absolute atomic E-state index is 0.0833. The van der Waals surface area contributed by atoms with Crippen LogP contribution < -0.4 is 5.32 Å². The molecule has 0 radical (unpaired) electrons. The molecule has 0 aliphatic rings. The highest BCUT2D eigenvalue weighted by Gasteiger charge is 2.13. The summed E-state index contributed by atoms with van der Waals surface area (Å²) in [4.78, 5) is 10.5. The number of nitrogens with one attached hydrogen (secondary N) is 1. The Morgan fingerprint density at radius 1 is 1.26 bits per heavy atom. The van der Waals surface area contributed by atoms with Crippen molar-refractivity contribution in [1.29, 1.82) is 0 Å². The van der Waals surface area contributed by atoms with Crippen molar-refractivity contribution in [3.05, 3.63) is 33.9 Å². The third-order valence-electron chi connectivity index (χ3n) is 2.47. The smallest absolute Gasteiger partial charge is 0.292 e. The molecule has 6 heteroatoms. The molecule has 1 aromatic carbocycles. The van der Waals surface area contributed by atoms with Gasteiger partial charge in [-0.3, -0.25) is 10.1 Å². The Hall–Kier alpha value is -1.66. The van der Waals surface area contributed by atoms with Gasteiger partial charge in [0.25, 0.3) is 5.69 Å². The maximum Gasteiger partial charge on any atom is 0.292 e. The van der Waals surface area contributed by atoms with Crippen molar-refractivity contribution in [3.8, 4) is 0 Å². The maximum absolute atomic E-state index is 10.9. The van der Waals surface area contributed by atoms with E-state index in [1.54, 1.807) is 12.1 Å². The molecule has 0 atom stereocenters. The number of hydrogen-bond acceptors (Lipinski definition) is 5. The quantitative estimate of drug-likeness (QED) is 0.423. The van der Waals surface area contributed by atoms with E-state index in [4.69, 9.17) is 9.47 Å². The van der Waals surface area contributed by atoms with Crippen LogP contribution in [0, 0.1) is 10.1 Å². The summed E-state index contributed by atoms with van der Waals surface area (Å²) in [6.07, 6.45) is 0. The van der Waals surface area contributed by atoms with Crippen molar-refractivity contribution in [1.82, 2.24) is 0 Å². The molecule has 0 aliphatic carbocycles. The molecule has 0 saturated heterocycles. The Balaban J connectivity index is 2.59. The molecule has 0 amide bonds. The first-order valence-electron chi connectivity index (χ1n) is 6.35. The SMILES string of the molecule is CCNc1cc(COCCOCC)ccc1[N+](=O)[O-]. The first kappa shape index (κ1) is 15.4. The van der Waals surface area contributed by atoms with Crippen LogP contribution in [0.25, 0.3) is 0 Å². The summed E-state index contributed by atoms with van der Waals surface area (Å²) in [5, 5.41) is 13.8. The zero-order valence-electron chi connectivity index (χ0n) is 11.3. The van der Waals surface area contributed by atoms with Crippen LogP contribution in [-0.2, 0) is 16.1 Å². The normalized spacial score (nSPS) is 10.4. The number of hydrogen-bond donors (Lipinski definition) is 1. The Morgan fingerprint density at radius 3 is 2.63 bits per heavy atom. The van der Waals surface area contributed by atoms with Crippen LogP contribution in [0.1, 0.15) is 19.4 Å². The van der Waals surface area contributed by atoms with E-state index < -0.39 is 4.92 Å². The molecule has 0 unspecified atom stereocenters. The van der Waals surface area contributed by atoms with E-state index in [1.165, 1.54) is 6.07 Å². The molecule has 0 bridgehead atoms. The molecule has 6 nitrogen and oxygen atoms in total. The maximum atomic E-state index is 10.9. The lowest BCUT2D eigenvalue weighted by molar-refractivity contribution is -0.384. The topological polar surface area (TPSA) is 73.6 Å². The zero-order chi connectivity index (χ0) is 14.1. The van der Waals surface area contributed by atoms with Crippen LogP contribution in [0.3, 0.4) is 0 Å².